The van der Waals surface area contributed by atoms with Crippen LogP contribution in [0.15, 0.2) is 60.9 Å². The van der Waals surface area contributed by atoms with Crippen LogP contribution in [-0.4, -0.2) is 27.8 Å². The smallest absolute Gasteiger partial charge is 0.138 e. The van der Waals surface area contributed by atoms with E-state index in [1.165, 1.54) is 6.07 Å². The number of aromatic nitrogens is 3. The predicted molar refractivity (Wildman–Crippen MR) is 108 cm³/mol. The molecule has 0 fully saturated rings. The molecule has 0 spiro atoms. The van der Waals surface area contributed by atoms with E-state index in [9.17, 15) is 4.39 Å². The van der Waals surface area contributed by atoms with Gasteiger partial charge in [0.25, 0.3) is 0 Å². The first-order valence-electron chi connectivity index (χ1n) is 9.12. The van der Waals surface area contributed by atoms with E-state index in [0.717, 1.165) is 27.7 Å². The van der Waals surface area contributed by atoms with Crippen LogP contribution in [0.4, 0.5) is 4.39 Å². The van der Waals surface area contributed by atoms with E-state index >= 15 is 0 Å². The summed E-state index contributed by atoms with van der Waals surface area (Å²) in [6.07, 6.45) is 3.86. The zero-order valence-corrected chi connectivity index (χ0v) is 15.5. The minimum atomic E-state index is -0.314. The van der Waals surface area contributed by atoms with Crippen molar-refractivity contribution in [3.05, 3.63) is 78.0 Å². The molecule has 4 rings (SSSR count). The molecule has 28 heavy (non-hydrogen) atoms. The fourth-order valence-corrected chi connectivity index (χ4v) is 3.19. The molecule has 0 aliphatic carbocycles. The zero-order chi connectivity index (χ0) is 19.5. The van der Waals surface area contributed by atoms with E-state index in [1.54, 1.807) is 30.6 Å². The SMILES string of the molecule is Cc1n[nH]c2ccc(-c3cncc(OC[C@@H](N)Cc4ccccc4F)c3)cc12. The Morgan fingerprint density at radius 1 is 1.11 bits per heavy atom. The Morgan fingerprint density at radius 2 is 1.96 bits per heavy atom. The highest BCUT2D eigenvalue weighted by Gasteiger charge is 2.10. The summed E-state index contributed by atoms with van der Waals surface area (Å²) in [5.41, 5.74) is 10.6. The minimum absolute atomic E-state index is 0.244. The number of aryl methyl sites for hydroxylation is 1. The standard InChI is InChI=1S/C22H21FN4O/c1-14-20-10-15(6-7-22(20)27-26-14)17-9-19(12-25-11-17)28-13-18(24)8-16-4-2-3-5-21(16)23/h2-7,9-12,18H,8,13,24H2,1H3,(H,26,27)/t18-/m0/s1. The number of hydrogen-bond donors (Lipinski definition) is 2. The molecule has 0 saturated heterocycles. The number of halogens is 1. The summed E-state index contributed by atoms with van der Waals surface area (Å²) in [5, 5.41) is 8.31. The molecular weight excluding hydrogens is 355 g/mol. The molecule has 0 aliphatic heterocycles. The maximum Gasteiger partial charge on any atom is 0.138 e. The summed E-state index contributed by atoms with van der Waals surface area (Å²) < 4.78 is 19.6. The van der Waals surface area contributed by atoms with E-state index in [4.69, 9.17) is 10.5 Å². The van der Waals surface area contributed by atoms with Crippen molar-refractivity contribution in [1.29, 1.82) is 0 Å². The average Bonchev–Trinajstić information content (AvgIpc) is 3.09. The number of rotatable bonds is 6. The van der Waals surface area contributed by atoms with Crippen molar-refractivity contribution in [2.45, 2.75) is 19.4 Å². The Labute approximate surface area is 162 Å². The maximum absolute atomic E-state index is 13.8. The lowest BCUT2D eigenvalue weighted by Crippen LogP contribution is -2.30. The molecule has 2 aromatic carbocycles. The number of hydrogen-bond acceptors (Lipinski definition) is 4. The van der Waals surface area contributed by atoms with Crippen molar-refractivity contribution in [2.75, 3.05) is 6.61 Å². The van der Waals surface area contributed by atoms with E-state index < -0.39 is 0 Å². The second kappa shape index (κ2) is 7.78. The fourth-order valence-electron chi connectivity index (χ4n) is 3.19. The van der Waals surface area contributed by atoms with Crippen molar-refractivity contribution in [3.63, 3.8) is 0 Å². The number of nitrogens with one attached hydrogen (secondary N) is 1. The van der Waals surface area contributed by atoms with Gasteiger partial charge in [-0.15, -0.1) is 0 Å². The molecule has 0 bridgehead atoms. The van der Waals surface area contributed by atoms with Gasteiger partial charge < -0.3 is 10.5 Å². The van der Waals surface area contributed by atoms with Gasteiger partial charge >= 0.3 is 0 Å². The van der Waals surface area contributed by atoms with Crippen LogP contribution < -0.4 is 10.5 Å². The first-order chi connectivity index (χ1) is 13.6. The molecule has 2 aromatic heterocycles. The highest BCUT2D eigenvalue weighted by molar-refractivity contribution is 5.86. The summed E-state index contributed by atoms with van der Waals surface area (Å²) in [4.78, 5) is 4.28. The molecule has 0 amide bonds. The van der Waals surface area contributed by atoms with E-state index in [2.05, 4.69) is 21.2 Å². The number of ether oxygens (including phenoxy) is 1. The lowest BCUT2D eigenvalue weighted by atomic mass is 10.0. The third kappa shape index (κ3) is 3.87. The van der Waals surface area contributed by atoms with E-state index in [-0.39, 0.29) is 18.5 Å². The number of pyridine rings is 1. The van der Waals surface area contributed by atoms with Crippen molar-refractivity contribution < 1.29 is 9.13 Å². The molecule has 0 aliphatic rings. The highest BCUT2D eigenvalue weighted by Crippen LogP contribution is 2.27. The van der Waals surface area contributed by atoms with Gasteiger partial charge in [0.15, 0.2) is 0 Å². The van der Waals surface area contributed by atoms with Crippen molar-refractivity contribution in [1.82, 2.24) is 15.2 Å². The van der Waals surface area contributed by atoms with Crippen LogP contribution in [0.25, 0.3) is 22.0 Å². The summed E-state index contributed by atoms with van der Waals surface area (Å²) in [6.45, 7) is 2.25. The molecule has 0 saturated carbocycles. The number of fused-ring (bicyclic) bond motifs is 1. The van der Waals surface area contributed by atoms with Crippen molar-refractivity contribution in [2.24, 2.45) is 5.73 Å². The number of aromatic amines is 1. The minimum Gasteiger partial charge on any atom is -0.490 e. The van der Waals surface area contributed by atoms with Crippen LogP contribution in [-0.2, 0) is 6.42 Å². The van der Waals surface area contributed by atoms with Gasteiger partial charge in [0.1, 0.15) is 18.2 Å². The largest absolute Gasteiger partial charge is 0.490 e. The Hall–Kier alpha value is -3.25. The number of H-pyrrole nitrogens is 1. The Kier molecular flexibility index (Phi) is 5.04. The summed E-state index contributed by atoms with van der Waals surface area (Å²) in [7, 11) is 0. The quantitative estimate of drug-likeness (QED) is 0.533. The molecular formula is C22H21FN4O. The number of nitrogens with two attached hydrogens (primary N) is 1. The van der Waals surface area contributed by atoms with Crippen LogP contribution in [0.5, 0.6) is 5.75 Å². The second-order valence-corrected chi connectivity index (χ2v) is 6.85. The third-order valence-corrected chi connectivity index (χ3v) is 4.70. The van der Waals surface area contributed by atoms with Crippen molar-refractivity contribution >= 4 is 10.9 Å². The van der Waals surface area contributed by atoms with Gasteiger partial charge in [-0.25, -0.2) is 4.39 Å². The number of nitrogens with zero attached hydrogens (tertiary/aromatic N) is 2. The molecule has 1 atom stereocenters. The molecule has 3 N–H and O–H groups in total. The Bertz CT molecular complexity index is 1110. The zero-order valence-electron chi connectivity index (χ0n) is 15.5. The molecule has 6 heteroatoms. The Balaban J connectivity index is 1.46. The molecule has 0 unspecified atom stereocenters. The average molecular weight is 376 g/mol. The van der Waals surface area contributed by atoms with Gasteiger partial charge in [0.2, 0.25) is 0 Å². The van der Waals surface area contributed by atoms with Gasteiger partial charge in [0, 0.05) is 23.2 Å². The predicted octanol–water partition coefficient (Wildman–Crippen LogP) is 4.02. The van der Waals surface area contributed by atoms with Crippen LogP contribution >= 0.6 is 0 Å². The van der Waals surface area contributed by atoms with Crippen LogP contribution in [0.1, 0.15) is 11.3 Å². The lowest BCUT2D eigenvalue weighted by Gasteiger charge is -2.14. The molecule has 5 nitrogen and oxygen atoms in total. The lowest BCUT2D eigenvalue weighted by molar-refractivity contribution is 0.286. The van der Waals surface area contributed by atoms with Crippen LogP contribution in [0.2, 0.25) is 0 Å². The summed E-state index contributed by atoms with van der Waals surface area (Å²) in [6, 6.07) is 14.4. The van der Waals surface area contributed by atoms with Gasteiger partial charge in [-0.2, -0.15) is 5.10 Å². The van der Waals surface area contributed by atoms with Gasteiger partial charge in [-0.1, -0.05) is 24.3 Å². The van der Waals surface area contributed by atoms with Gasteiger partial charge in [0.05, 0.1) is 17.4 Å². The normalized spacial score (nSPS) is 12.2. The molecule has 2 heterocycles. The van der Waals surface area contributed by atoms with Gasteiger partial charge in [-0.05, 0) is 48.7 Å². The van der Waals surface area contributed by atoms with Crippen LogP contribution in [0.3, 0.4) is 0 Å². The first-order valence-corrected chi connectivity index (χ1v) is 9.12. The molecule has 4 aromatic rings. The van der Waals surface area contributed by atoms with E-state index in [0.29, 0.717) is 17.7 Å². The number of benzene rings is 2. The van der Waals surface area contributed by atoms with Crippen molar-refractivity contribution in [3.8, 4) is 16.9 Å². The first kappa shape index (κ1) is 18.1. The van der Waals surface area contributed by atoms with Gasteiger partial charge in [-0.3, -0.25) is 10.1 Å². The maximum atomic E-state index is 13.8. The fraction of sp³-hybridized carbons (Fsp3) is 0.182. The monoisotopic (exact) mass is 376 g/mol. The third-order valence-electron chi connectivity index (χ3n) is 4.70. The molecule has 0 radical (unpaired) electrons. The van der Waals surface area contributed by atoms with Crippen LogP contribution in [0, 0.1) is 12.7 Å². The highest BCUT2D eigenvalue weighted by atomic mass is 19.1. The summed E-state index contributed by atoms with van der Waals surface area (Å²) in [5.74, 6) is 0.386. The second-order valence-electron chi connectivity index (χ2n) is 6.85. The molecule has 142 valence electrons. The van der Waals surface area contributed by atoms with E-state index in [1.807, 2.05) is 25.1 Å². The Morgan fingerprint density at radius 3 is 2.82 bits per heavy atom. The topological polar surface area (TPSA) is 76.8 Å². The summed E-state index contributed by atoms with van der Waals surface area (Å²) >= 11 is 0.